The van der Waals surface area contributed by atoms with Crippen molar-refractivity contribution in [1.82, 2.24) is 5.32 Å². The second-order valence-electron chi connectivity index (χ2n) is 6.83. The number of nitrogens with one attached hydrogen (secondary N) is 2. The quantitative estimate of drug-likeness (QED) is 0.615. The summed E-state index contributed by atoms with van der Waals surface area (Å²) in [6.45, 7) is -0.152. The molecule has 3 aromatic rings. The molecular weight excluding hydrogens is 356 g/mol. The second-order valence-corrected chi connectivity index (χ2v) is 6.83. The molecule has 3 aromatic carbocycles. The molecule has 0 bridgehead atoms. The van der Waals surface area contributed by atoms with Crippen LogP contribution in [0.5, 0.6) is 11.5 Å². The van der Waals surface area contributed by atoms with Crippen LogP contribution in [0.15, 0.2) is 60.7 Å². The lowest BCUT2D eigenvalue weighted by Crippen LogP contribution is -2.30. The zero-order chi connectivity index (χ0) is 19.5. The number of ether oxygens (including phenoxy) is 1. The van der Waals surface area contributed by atoms with E-state index in [1.54, 1.807) is 24.3 Å². The van der Waals surface area contributed by atoms with Crippen LogP contribution in [0.1, 0.15) is 23.2 Å². The van der Waals surface area contributed by atoms with Gasteiger partial charge in [-0.1, -0.05) is 30.3 Å². The van der Waals surface area contributed by atoms with Crippen LogP contribution in [-0.4, -0.2) is 29.6 Å². The smallest absolute Gasteiger partial charge is 0.259 e. The number of carbonyl (C=O) groups excluding carboxylic acids is 2. The first-order valence-electron chi connectivity index (χ1n) is 9.14. The van der Waals surface area contributed by atoms with Crippen LogP contribution in [0.4, 0.5) is 5.69 Å². The summed E-state index contributed by atoms with van der Waals surface area (Å²) in [5.41, 5.74) is 0.789. The highest BCUT2D eigenvalue weighted by molar-refractivity contribution is 6.08. The summed E-state index contributed by atoms with van der Waals surface area (Å²) in [5, 5.41) is 17.0. The molecule has 28 heavy (non-hydrogen) atoms. The lowest BCUT2D eigenvalue weighted by atomic mass is 10.1. The molecule has 0 aliphatic heterocycles. The Balaban J connectivity index is 1.60. The average Bonchev–Trinajstić information content (AvgIpc) is 3.49. The van der Waals surface area contributed by atoms with Crippen molar-refractivity contribution in [3.05, 3.63) is 66.2 Å². The molecule has 6 nitrogen and oxygen atoms in total. The Kier molecular flexibility index (Phi) is 4.85. The maximum atomic E-state index is 12.8. The van der Waals surface area contributed by atoms with Gasteiger partial charge in [-0.15, -0.1) is 0 Å². The highest BCUT2D eigenvalue weighted by atomic mass is 16.5. The van der Waals surface area contributed by atoms with Gasteiger partial charge in [0.25, 0.3) is 11.8 Å². The standard InChI is InChI=1S/C22H20N2O4/c25-18-7-3-6-17(12-18)24-22(27)19-10-14-4-1-2-5-15(14)11-20(19)28-13-21(26)23-16-8-9-16/h1-7,10-12,16,25H,8-9,13H2,(H,23,26)(H,24,27). The van der Waals surface area contributed by atoms with Crippen LogP contribution in [0, 0.1) is 0 Å². The van der Waals surface area contributed by atoms with Crippen molar-refractivity contribution in [1.29, 1.82) is 0 Å². The normalized spacial score (nSPS) is 13.1. The van der Waals surface area contributed by atoms with Crippen molar-refractivity contribution < 1.29 is 19.4 Å². The first kappa shape index (κ1) is 17.9. The summed E-state index contributed by atoms with van der Waals surface area (Å²) in [7, 11) is 0. The minimum atomic E-state index is -0.381. The number of phenols is 1. The fourth-order valence-electron chi connectivity index (χ4n) is 2.94. The topological polar surface area (TPSA) is 87.7 Å². The van der Waals surface area contributed by atoms with Crippen molar-refractivity contribution in [3.63, 3.8) is 0 Å². The molecule has 0 aromatic heterocycles. The molecule has 0 atom stereocenters. The van der Waals surface area contributed by atoms with E-state index >= 15 is 0 Å². The highest BCUT2D eigenvalue weighted by Crippen LogP contribution is 2.28. The lowest BCUT2D eigenvalue weighted by molar-refractivity contribution is -0.123. The number of amides is 2. The van der Waals surface area contributed by atoms with Gasteiger partial charge in [-0.3, -0.25) is 9.59 Å². The lowest BCUT2D eigenvalue weighted by Gasteiger charge is -2.13. The highest BCUT2D eigenvalue weighted by Gasteiger charge is 2.23. The second kappa shape index (κ2) is 7.60. The van der Waals surface area contributed by atoms with Crippen LogP contribution >= 0.6 is 0 Å². The molecule has 1 fully saturated rings. The van der Waals surface area contributed by atoms with Crippen LogP contribution < -0.4 is 15.4 Å². The van der Waals surface area contributed by atoms with Crippen molar-refractivity contribution >= 4 is 28.3 Å². The van der Waals surface area contributed by atoms with E-state index in [-0.39, 0.29) is 30.2 Å². The molecule has 4 rings (SSSR count). The van der Waals surface area contributed by atoms with Crippen LogP contribution in [0.25, 0.3) is 10.8 Å². The molecule has 0 spiro atoms. The average molecular weight is 376 g/mol. The van der Waals surface area contributed by atoms with Crippen LogP contribution in [0.3, 0.4) is 0 Å². The van der Waals surface area contributed by atoms with E-state index in [1.165, 1.54) is 12.1 Å². The molecule has 0 radical (unpaired) electrons. The first-order valence-corrected chi connectivity index (χ1v) is 9.14. The number of rotatable bonds is 6. The fraction of sp³-hybridized carbons (Fsp3) is 0.182. The fourth-order valence-corrected chi connectivity index (χ4v) is 2.94. The Hall–Kier alpha value is -3.54. The predicted octanol–water partition coefficient (Wildman–Crippen LogP) is 3.46. The van der Waals surface area contributed by atoms with Crippen molar-refractivity contribution in [2.75, 3.05) is 11.9 Å². The zero-order valence-electron chi connectivity index (χ0n) is 15.1. The Morgan fingerprint density at radius 3 is 2.46 bits per heavy atom. The molecule has 0 unspecified atom stereocenters. The minimum Gasteiger partial charge on any atom is -0.508 e. The van der Waals surface area contributed by atoms with Gasteiger partial charge >= 0.3 is 0 Å². The SMILES string of the molecule is O=C(COc1cc2ccccc2cc1C(=O)Nc1cccc(O)c1)NC1CC1. The van der Waals surface area contributed by atoms with Crippen LogP contribution in [0.2, 0.25) is 0 Å². The number of carbonyl (C=O) groups is 2. The summed E-state index contributed by atoms with van der Waals surface area (Å²) in [4.78, 5) is 24.8. The van der Waals surface area contributed by atoms with E-state index in [2.05, 4.69) is 10.6 Å². The minimum absolute atomic E-state index is 0.0598. The Bertz CT molecular complexity index is 1040. The Labute approximate surface area is 162 Å². The van der Waals surface area contributed by atoms with E-state index in [0.29, 0.717) is 17.0 Å². The molecule has 1 aliphatic rings. The van der Waals surface area contributed by atoms with Crippen molar-refractivity contribution in [2.24, 2.45) is 0 Å². The third-order valence-electron chi connectivity index (χ3n) is 4.50. The van der Waals surface area contributed by atoms with Gasteiger partial charge in [0, 0.05) is 17.8 Å². The summed E-state index contributed by atoms with van der Waals surface area (Å²) in [6.07, 6.45) is 2.00. The molecule has 1 saturated carbocycles. The van der Waals surface area contributed by atoms with E-state index < -0.39 is 0 Å². The number of benzene rings is 3. The predicted molar refractivity (Wildman–Crippen MR) is 107 cm³/mol. The number of anilines is 1. The maximum absolute atomic E-state index is 12.8. The number of aromatic hydroxyl groups is 1. The van der Waals surface area contributed by atoms with Gasteiger partial charge in [-0.05, 0) is 47.9 Å². The Morgan fingerprint density at radius 1 is 1.00 bits per heavy atom. The van der Waals surface area contributed by atoms with E-state index in [0.717, 1.165) is 23.6 Å². The van der Waals surface area contributed by atoms with Gasteiger partial charge in [0.15, 0.2) is 6.61 Å². The first-order chi connectivity index (χ1) is 13.6. The summed E-state index contributed by atoms with van der Waals surface area (Å²) in [6, 6.07) is 17.7. The molecule has 1 aliphatic carbocycles. The van der Waals surface area contributed by atoms with Crippen molar-refractivity contribution in [2.45, 2.75) is 18.9 Å². The molecule has 0 heterocycles. The Morgan fingerprint density at radius 2 is 1.75 bits per heavy atom. The molecule has 6 heteroatoms. The number of hydrogen-bond donors (Lipinski definition) is 3. The van der Waals surface area contributed by atoms with E-state index in [9.17, 15) is 14.7 Å². The number of fused-ring (bicyclic) bond motifs is 1. The van der Waals surface area contributed by atoms with Gasteiger partial charge < -0.3 is 20.5 Å². The van der Waals surface area contributed by atoms with E-state index in [4.69, 9.17) is 4.74 Å². The van der Waals surface area contributed by atoms with Gasteiger partial charge in [-0.2, -0.15) is 0 Å². The van der Waals surface area contributed by atoms with Gasteiger partial charge in [-0.25, -0.2) is 0 Å². The summed E-state index contributed by atoms with van der Waals surface area (Å²) in [5.74, 6) is -0.184. The number of hydrogen-bond acceptors (Lipinski definition) is 4. The van der Waals surface area contributed by atoms with Gasteiger partial charge in [0.1, 0.15) is 11.5 Å². The zero-order valence-corrected chi connectivity index (χ0v) is 15.1. The van der Waals surface area contributed by atoms with E-state index in [1.807, 2.05) is 24.3 Å². The third-order valence-corrected chi connectivity index (χ3v) is 4.50. The molecule has 0 saturated heterocycles. The van der Waals surface area contributed by atoms with Crippen LogP contribution in [-0.2, 0) is 4.79 Å². The number of phenolic OH excluding ortho intramolecular Hbond substituents is 1. The maximum Gasteiger partial charge on any atom is 0.259 e. The molecule has 2 amide bonds. The van der Waals surface area contributed by atoms with Gasteiger partial charge in [0.2, 0.25) is 0 Å². The summed E-state index contributed by atoms with van der Waals surface area (Å²) < 4.78 is 5.70. The summed E-state index contributed by atoms with van der Waals surface area (Å²) >= 11 is 0. The largest absolute Gasteiger partial charge is 0.508 e. The monoisotopic (exact) mass is 376 g/mol. The van der Waals surface area contributed by atoms with Crippen molar-refractivity contribution in [3.8, 4) is 11.5 Å². The molecule has 142 valence electrons. The molecular formula is C22H20N2O4. The van der Waals surface area contributed by atoms with Gasteiger partial charge in [0.05, 0.1) is 5.56 Å². The third kappa shape index (κ3) is 4.23. The molecule has 3 N–H and O–H groups in total.